The average Bonchev–Trinajstić information content (AvgIpc) is 2.76. The van der Waals surface area contributed by atoms with Crippen LogP contribution in [0, 0.1) is 11.3 Å². The van der Waals surface area contributed by atoms with Gasteiger partial charge >= 0.3 is 12.0 Å². The zero-order valence-corrected chi connectivity index (χ0v) is 12.6. The summed E-state index contributed by atoms with van der Waals surface area (Å²) in [4.78, 5) is 30.6. The molecule has 2 saturated heterocycles. The van der Waals surface area contributed by atoms with E-state index in [2.05, 4.69) is 5.32 Å². The third kappa shape index (κ3) is 3.85. The van der Waals surface area contributed by atoms with Crippen molar-refractivity contribution in [3.05, 3.63) is 0 Å². The Hall–Kier alpha value is -1.30. The van der Waals surface area contributed by atoms with E-state index >= 15 is 0 Å². The molecule has 0 aromatic carbocycles. The van der Waals surface area contributed by atoms with Gasteiger partial charge in [-0.25, -0.2) is 9.59 Å². The van der Waals surface area contributed by atoms with E-state index in [1.165, 1.54) is 0 Å². The number of urea groups is 1. The second-order valence-electron chi connectivity index (χ2n) is 6.68. The highest BCUT2D eigenvalue weighted by Crippen LogP contribution is 2.22. The number of hydrogen-bond acceptors (Lipinski definition) is 4. The molecule has 2 aliphatic heterocycles. The molecule has 20 heavy (non-hydrogen) atoms. The number of carbonyl (C=O) groups is 2. The summed E-state index contributed by atoms with van der Waals surface area (Å²) < 4.78 is 0. The second kappa shape index (κ2) is 5.99. The van der Waals surface area contributed by atoms with Crippen LogP contribution >= 0.6 is 0 Å². The maximum absolute atomic E-state index is 11.8. The van der Waals surface area contributed by atoms with Crippen molar-refractivity contribution in [3.63, 3.8) is 0 Å². The summed E-state index contributed by atoms with van der Waals surface area (Å²) in [5, 5.41) is 4.58. The van der Waals surface area contributed by atoms with Gasteiger partial charge in [-0.05, 0) is 39.5 Å². The molecule has 6 heteroatoms. The number of hydrogen-bond donors (Lipinski definition) is 1. The van der Waals surface area contributed by atoms with Crippen LogP contribution in [0.25, 0.3) is 0 Å². The highest BCUT2D eigenvalue weighted by molar-refractivity contribution is 5.76. The zero-order valence-electron chi connectivity index (χ0n) is 12.6. The number of nitrogens with zero attached hydrogens (tertiary/aromatic N) is 2. The molecule has 114 valence electrons. The van der Waals surface area contributed by atoms with Gasteiger partial charge in [0, 0.05) is 32.7 Å². The molecule has 6 nitrogen and oxygen atoms in total. The van der Waals surface area contributed by atoms with Crippen molar-refractivity contribution >= 4 is 12.0 Å². The first kappa shape index (κ1) is 15.1. The van der Waals surface area contributed by atoms with Gasteiger partial charge < -0.3 is 15.1 Å². The van der Waals surface area contributed by atoms with Crippen LogP contribution in [0.1, 0.15) is 33.6 Å². The summed E-state index contributed by atoms with van der Waals surface area (Å²) in [6.45, 7) is 9.44. The molecule has 0 aliphatic carbocycles. The Bertz CT molecular complexity index is 370. The van der Waals surface area contributed by atoms with Crippen LogP contribution in [0.5, 0.6) is 0 Å². The summed E-state index contributed by atoms with van der Waals surface area (Å²) in [6.07, 6.45) is 1.92. The first-order valence-corrected chi connectivity index (χ1v) is 7.36. The Kier molecular flexibility index (Phi) is 4.52. The summed E-state index contributed by atoms with van der Waals surface area (Å²) in [5.74, 6) is 0.318. The number of amides is 2. The lowest BCUT2D eigenvalue weighted by molar-refractivity contribution is -0.206. The lowest BCUT2D eigenvalue weighted by Crippen LogP contribution is -2.42. The van der Waals surface area contributed by atoms with E-state index in [-0.39, 0.29) is 12.0 Å². The maximum Gasteiger partial charge on any atom is 0.330 e. The lowest BCUT2D eigenvalue weighted by atomic mass is 9.97. The van der Waals surface area contributed by atoms with Gasteiger partial charge in [0.1, 0.15) is 0 Å². The largest absolute Gasteiger partial charge is 0.367 e. The Morgan fingerprint density at radius 3 is 2.45 bits per heavy atom. The third-order valence-electron chi connectivity index (χ3n) is 3.82. The van der Waals surface area contributed by atoms with Crippen LogP contribution in [-0.2, 0) is 9.63 Å². The fourth-order valence-corrected chi connectivity index (χ4v) is 2.43. The normalized spacial score (nSPS) is 21.9. The number of piperidine rings is 1. The lowest BCUT2D eigenvalue weighted by Gasteiger charge is -2.33. The minimum absolute atomic E-state index is 0.0478. The molecular formula is C14H25N3O3. The number of carbonyl (C=O) groups excluding carboxylic acids is 2. The summed E-state index contributed by atoms with van der Waals surface area (Å²) >= 11 is 0. The van der Waals surface area contributed by atoms with Crippen molar-refractivity contribution in [1.29, 1.82) is 0 Å². The topological polar surface area (TPSA) is 61.9 Å². The molecule has 0 radical (unpaired) electrons. The maximum atomic E-state index is 11.8. The Labute approximate surface area is 120 Å². The molecule has 0 spiro atoms. The first-order chi connectivity index (χ1) is 9.36. The van der Waals surface area contributed by atoms with Crippen molar-refractivity contribution in [2.75, 3.05) is 32.7 Å². The van der Waals surface area contributed by atoms with Gasteiger partial charge in [0.05, 0.1) is 5.41 Å². The average molecular weight is 283 g/mol. The van der Waals surface area contributed by atoms with Crippen LogP contribution in [0.3, 0.4) is 0 Å². The van der Waals surface area contributed by atoms with Gasteiger partial charge in [-0.15, -0.1) is 5.06 Å². The van der Waals surface area contributed by atoms with Crippen LogP contribution in [-0.4, -0.2) is 54.7 Å². The molecule has 2 aliphatic rings. The van der Waals surface area contributed by atoms with Gasteiger partial charge in [-0.2, -0.15) is 0 Å². The van der Waals surface area contributed by atoms with Gasteiger partial charge in [0.2, 0.25) is 0 Å². The van der Waals surface area contributed by atoms with Crippen molar-refractivity contribution < 1.29 is 14.4 Å². The molecule has 2 rings (SSSR count). The smallest absolute Gasteiger partial charge is 0.330 e. The highest BCUT2D eigenvalue weighted by Gasteiger charge is 2.30. The summed E-state index contributed by atoms with van der Waals surface area (Å²) in [6, 6.07) is 0.0478. The molecule has 2 amide bonds. The predicted octanol–water partition coefficient (Wildman–Crippen LogP) is 1.23. The number of nitrogens with one attached hydrogen (secondary N) is 1. The Morgan fingerprint density at radius 1 is 1.30 bits per heavy atom. The van der Waals surface area contributed by atoms with E-state index in [4.69, 9.17) is 4.84 Å². The van der Waals surface area contributed by atoms with E-state index in [1.807, 2.05) is 25.7 Å². The predicted molar refractivity (Wildman–Crippen MR) is 74.8 cm³/mol. The molecule has 2 heterocycles. The van der Waals surface area contributed by atoms with E-state index < -0.39 is 5.41 Å². The van der Waals surface area contributed by atoms with Gasteiger partial charge in [-0.3, -0.25) is 0 Å². The SMILES string of the molecule is CC(C)(C)C(=O)ON1CCC(CN2CCNC2=O)CC1. The van der Waals surface area contributed by atoms with Gasteiger partial charge in [0.25, 0.3) is 0 Å². The molecule has 1 N–H and O–H groups in total. The monoisotopic (exact) mass is 283 g/mol. The number of rotatable bonds is 3. The van der Waals surface area contributed by atoms with Crippen LogP contribution in [0.15, 0.2) is 0 Å². The number of hydroxylamine groups is 2. The fourth-order valence-electron chi connectivity index (χ4n) is 2.43. The van der Waals surface area contributed by atoms with Crippen LogP contribution in [0.4, 0.5) is 4.79 Å². The molecule has 0 atom stereocenters. The Morgan fingerprint density at radius 2 is 1.95 bits per heavy atom. The van der Waals surface area contributed by atoms with E-state index in [9.17, 15) is 9.59 Å². The molecular weight excluding hydrogens is 258 g/mol. The van der Waals surface area contributed by atoms with E-state index in [1.54, 1.807) is 5.06 Å². The van der Waals surface area contributed by atoms with Crippen molar-refractivity contribution in [2.24, 2.45) is 11.3 Å². The zero-order chi connectivity index (χ0) is 14.8. The minimum atomic E-state index is -0.468. The second-order valence-corrected chi connectivity index (χ2v) is 6.68. The summed E-state index contributed by atoms with van der Waals surface area (Å²) in [7, 11) is 0. The summed E-state index contributed by atoms with van der Waals surface area (Å²) in [5.41, 5.74) is -0.468. The minimum Gasteiger partial charge on any atom is -0.367 e. The van der Waals surface area contributed by atoms with Crippen molar-refractivity contribution in [2.45, 2.75) is 33.6 Å². The van der Waals surface area contributed by atoms with Crippen LogP contribution in [0.2, 0.25) is 0 Å². The standard InChI is InChI=1S/C14H25N3O3/c1-14(2,3)12(18)20-17-7-4-11(5-8-17)10-16-9-6-15-13(16)19/h11H,4-10H2,1-3H3,(H,15,19). The Balaban J connectivity index is 1.72. The van der Waals surface area contributed by atoms with Crippen molar-refractivity contribution in [1.82, 2.24) is 15.3 Å². The first-order valence-electron chi connectivity index (χ1n) is 7.36. The van der Waals surface area contributed by atoms with E-state index in [0.717, 1.165) is 45.6 Å². The molecule has 0 saturated carbocycles. The molecule has 0 aromatic heterocycles. The van der Waals surface area contributed by atoms with E-state index in [0.29, 0.717) is 5.92 Å². The van der Waals surface area contributed by atoms with Gasteiger partial charge in [0.15, 0.2) is 0 Å². The van der Waals surface area contributed by atoms with Crippen molar-refractivity contribution in [3.8, 4) is 0 Å². The fraction of sp³-hybridized carbons (Fsp3) is 0.857. The van der Waals surface area contributed by atoms with Crippen LogP contribution < -0.4 is 5.32 Å². The molecule has 2 fully saturated rings. The highest BCUT2D eigenvalue weighted by atomic mass is 16.7. The molecule has 0 unspecified atom stereocenters. The third-order valence-corrected chi connectivity index (χ3v) is 3.82. The van der Waals surface area contributed by atoms with Gasteiger partial charge in [-0.1, -0.05) is 0 Å². The quantitative estimate of drug-likeness (QED) is 0.846. The molecule has 0 aromatic rings. The molecule has 0 bridgehead atoms.